The third-order valence-corrected chi connectivity index (χ3v) is 3.85. The summed E-state index contributed by atoms with van der Waals surface area (Å²) < 4.78 is 19.3. The second-order valence-electron chi connectivity index (χ2n) is 4.42. The Labute approximate surface area is 129 Å². The van der Waals surface area contributed by atoms with Crippen LogP contribution in [-0.4, -0.2) is 18.1 Å². The third kappa shape index (κ3) is 2.99. The molecule has 2 N–H and O–H groups in total. The molecule has 3 rings (SSSR count). The summed E-state index contributed by atoms with van der Waals surface area (Å²) in [6.07, 6.45) is 0. The molecule has 0 bridgehead atoms. The first kappa shape index (κ1) is 14.3. The molecule has 1 aromatic heterocycles. The van der Waals surface area contributed by atoms with E-state index in [1.54, 1.807) is 43.5 Å². The first-order valence-electron chi connectivity index (χ1n) is 6.43. The summed E-state index contributed by atoms with van der Waals surface area (Å²) in [5.74, 6) is 0.231. The van der Waals surface area contributed by atoms with Gasteiger partial charge in [0.1, 0.15) is 17.1 Å². The lowest BCUT2D eigenvalue weighted by Gasteiger charge is -2.06. The topological polar surface area (TPSA) is 63.2 Å². The average molecular weight is 317 g/mol. The Balaban J connectivity index is 1.74. The largest absolute Gasteiger partial charge is 0.497 e. The van der Waals surface area contributed by atoms with E-state index in [1.807, 2.05) is 0 Å². The van der Waals surface area contributed by atoms with Crippen molar-refractivity contribution in [2.45, 2.75) is 0 Å². The standard InChI is InChI=1S/C15H12FN3O2S/c1-21-10-5-2-4-9(8-10)17-14(20)19-15-18-13-11(16)6-3-7-12(13)22-15/h2-8H,1H3,(H2,17,18,19,20). The smallest absolute Gasteiger partial charge is 0.325 e. The molecule has 2 aromatic carbocycles. The molecule has 2 amide bonds. The third-order valence-electron chi connectivity index (χ3n) is 2.92. The van der Waals surface area contributed by atoms with E-state index in [-0.39, 0.29) is 5.52 Å². The molecule has 3 aromatic rings. The van der Waals surface area contributed by atoms with Gasteiger partial charge >= 0.3 is 6.03 Å². The maximum Gasteiger partial charge on any atom is 0.325 e. The van der Waals surface area contributed by atoms with Crippen molar-refractivity contribution in [3.63, 3.8) is 0 Å². The van der Waals surface area contributed by atoms with E-state index >= 15 is 0 Å². The van der Waals surface area contributed by atoms with Crippen LogP contribution in [0, 0.1) is 5.82 Å². The van der Waals surface area contributed by atoms with Crippen molar-refractivity contribution in [1.82, 2.24) is 4.98 Å². The molecule has 0 saturated heterocycles. The van der Waals surface area contributed by atoms with Gasteiger partial charge in [-0.3, -0.25) is 5.32 Å². The minimum absolute atomic E-state index is 0.254. The number of aromatic nitrogens is 1. The highest BCUT2D eigenvalue weighted by molar-refractivity contribution is 7.22. The molecule has 1 heterocycles. The molecule has 0 unspecified atom stereocenters. The number of carbonyl (C=O) groups is 1. The minimum Gasteiger partial charge on any atom is -0.497 e. The Kier molecular flexibility index (Phi) is 3.88. The second kappa shape index (κ2) is 5.98. The van der Waals surface area contributed by atoms with Crippen molar-refractivity contribution < 1.29 is 13.9 Å². The van der Waals surface area contributed by atoms with Gasteiger partial charge in [-0.05, 0) is 24.3 Å². The normalized spacial score (nSPS) is 10.5. The molecule has 0 radical (unpaired) electrons. The fourth-order valence-corrected chi connectivity index (χ4v) is 2.80. The molecule has 5 nitrogen and oxygen atoms in total. The van der Waals surface area contributed by atoms with E-state index in [9.17, 15) is 9.18 Å². The van der Waals surface area contributed by atoms with Gasteiger partial charge in [-0.1, -0.05) is 23.5 Å². The monoisotopic (exact) mass is 317 g/mol. The zero-order chi connectivity index (χ0) is 15.5. The Bertz CT molecular complexity index is 835. The molecule has 0 fully saturated rings. The van der Waals surface area contributed by atoms with Crippen LogP contribution in [0.1, 0.15) is 0 Å². The van der Waals surface area contributed by atoms with Crippen molar-refractivity contribution in [2.24, 2.45) is 0 Å². The predicted molar refractivity (Wildman–Crippen MR) is 85.2 cm³/mol. The number of para-hydroxylation sites is 1. The molecule has 0 atom stereocenters. The molecule has 0 saturated carbocycles. The van der Waals surface area contributed by atoms with Crippen molar-refractivity contribution in [2.75, 3.05) is 17.7 Å². The molecule has 0 aliphatic rings. The van der Waals surface area contributed by atoms with Gasteiger partial charge in [-0.2, -0.15) is 0 Å². The van der Waals surface area contributed by atoms with E-state index < -0.39 is 11.8 Å². The Morgan fingerprint density at radius 1 is 1.23 bits per heavy atom. The summed E-state index contributed by atoms with van der Waals surface area (Å²) in [4.78, 5) is 16.0. The van der Waals surface area contributed by atoms with Crippen LogP contribution in [0.15, 0.2) is 42.5 Å². The fourth-order valence-electron chi connectivity index (χ4n) is 1.93. The van der Waals surface area contributed by atoms with Gasteiger partial charge in [0.15, 0.2) is 5.13 Å². The van der Waals surface area contributed by atoms with E-state index in [2.05, 4.69) is 15.6 Å². The van der Waals surface area contributed by atoms with Gasteiger partial charge in [-0.25, -0.2) is 14.2 Å². The number of halogens is 1. The van der Waals surface area contributed by atoms with E-state index in [4.69, 9.17) is 4.74 Å². The average Bonchev–Trinajstić information content (AvgIpc) is 2.91. The number of benzene rings is 2. The molecular formula is C15H12FN3O2S. The van der Waals surface area contributed by atoms with E-state index in [0.717, 1.165) is 0 Å². The second-order valence-corrected chi connectivity index (χ2v) is 5.45. The number of hydrogen-bond acceptors (Lipinski definition) is 4. The van der Waals surface area contributed by atoms with Crippen LogP contribution >= 0.6 is 11.3 Å². The number of nitrogens with zero attached hydrogens (tertiary/aromatic N) is 1. The van der Waals surface area contributed by atoms with Crippen molar-refractivity contribution in [3.05, 3.63) is 48.3 Å². The number of anilines is 2. The highest BCUT2D eigenvalue weighted by Crippen LogP contribution is 2.27. The SMILES string of the molecule is COc1cccc(NC(=O)Nc2nc3c(F)cccc3s2)c1. The Hall–Kier alpha value is -2.67. The van der Waals surface area contributed by atoms with Crippen molar-refractivity contribution >= 4 is 38.4 Å². The van der Waals surface area contributed by atoms with Crippen LogP contribution in [0.3, 0.4) is 0 Å². The molecule has 112 valence electrons. The summed E-state index contributed by atoms with van der Waals surface area (Å²) in [6.45, 7) is 0. The summed E-state index contributed by atoms with van der Waals surface area (Å²) in [6, 6.07) is 11.2. The lowest BCUT2D eigenvalue weighted by Crippen LogP contribution is -2.19. The summed E-state index contributed by atoms with van der Waals surface area (Å²) >= 11 is 1.21. The number of carbonyl (C=O) groups excluding carboxylic acids is 1. The van der Waals surface area contributed by atoms with Gasteiger partial charge in [0.2, 0.25) is 0 Å². The van der Waals surface area contributed by atoms with Crippen LogP contribution in [0.4, 0.5) is 20.0 Å². The maximum absolute atomic E-state index is 13.6. The summed E-state index contributed by atoms with van der Waals surface area (Å²) in [5, 5.41) is 5.60. The lowest BCUT2D eigenvalue weighted by atomic mass is 10.3. The molecule has 0 aliphatic heterocycles. The Morgan fingerprint density at radius 2 is 2.05 bits per heavy atom. The molecular weight excluding hydrogens is 305 g/mol. The van der Waals surface area contributed by atoms with Crippen LogP contribution < -0.4 is 15.4 Å². The Morgan fingerprint density at radius 3 is 2.82 bits per heavy atom. The highest BCUT2D eigenvalue weighted by Gasteiger charge is 2.10. The number of hydrogen-bond donors (Lipinski definition) is 2. The lowest BCUT2D eigenvalue weighted by molar-refractivity contribution is 0.262. The number of thiazole rings is 1. The molecule has 0 spiro atoms. The van der Waals surface area contributed by atoms with Crippen LogP contribution in [-0.2, 0) is 0 Å². The van der Waals surface area contributed by atoms with Crippen LogP contribution in [0.25, 0.3) is 10.2 Å². The number of methoxy groups -OCH3 is 1. The van der Waals surface area contributed by atoms with Gasteiger partial charge in [0.25, 0.3) is 0 Å². The van der Waals surface area contributed by atoms with Gasteiger partial charge in [0, 0.05) is 11.8 Å². The number of fused-ring (bicyclic) bond motifs is 1. The zero-order valence-electron chi connectivity index (χ0n) is 11.6. The number of rotatable bonds is 3. The number of ether oxygens (including phenoxy) is 1. The summed E-state index contributed by atoms with van der Waals surface area (Å²) in [7, 11) is 1.55. The van der Waals surface area contributed by atoms with E-state index in [0.29, 0.717) is 21.3 Å². The highest BCUT2D eigenvalue weighted by atomic mass is 32.1. The number of urea groups is 1. The van der Waals surface area contributed by atoms with E-state index in [1.165, 1.54) is 17.4 Å². The van der Waals surface area contributed by atoms with Crippen LogP contribution in [0.2, 0.25) is 0 Å². The van der Waals surface area contributed by atoms with Crippen LogP contribution in [0.5, 0.6) is 5.75 Å². The molecule has 0 aliphatic carbocycles. The van der Waals surface area contributed by atoms with Gasteiger partial charge in [0.05, 0.1) is 11.8 Å². The molecule has 22 heavy (non-hydrogen) atoms. The maximum atomic E-state index is 13.6. The number of amides is 2. The van der Waals surface area contributed by atoms with Crippen molar-refractivity contribution in [3.8, 4) is 5.75 Å². The van der Waals surface area contributed by atoms with Gasteiger partial charge < -0.3 is 10.1 Å². The summed E-state index contributed by atoms with van der Waals surface area (Å²) in [5.41, 5.74) is 0.841. The first-order chi connectivity index (χ1) is 10.7. The van der Waals surface area contributed by atoms with Crippen molar-refractivity contribution in [1.29, 1.82) is 0 Å². The van der Waals surface area contributed by atoms with Gasteiger partial charge in [-0.15, -0.1) is 0 Å². The first-order valence-corrected chi connectivity index (χ1v) is 7.24. The molecule has 7 heteroatoms. The zero-order valence-corrected chi connectivity index (χ0v) is 12.4. The fraction of sp³-hybridized carbons (Fsp3) is 0.0667. The predicted octanol–water partition coefficient (Wildman–Crippen LogP) is 4.09. The minimum atomic E-state index is -0.451. The number of nitrogens with one attached hydrogen (secondary N) is 2. The quantitative estimate of drug-likeness (QED) is 0.765.